The topological polar surface area (TPSA) is 65.8 Å². The van der Waals surface area contributed by atoms with Gasteiger partial charge in [-0.15, -0.1) is 0 Å². The van der Waals surface area contributed by atoms with Gasteiger partial charge in [0.05, 0.1) is 26.5 Å². The number of aromatic nitrogens is 2. The zero-order valence-corrected chi connectivity index (χ0v) is 19.5. The number of methoxy groups -OCH3 is 2. The number of amides is 1. The first-order valence-electron chi connectivity index (χ1n) is 10.9. The molecule has 3 aromatic carbocycles. The molecule has 7 nitrogen and oxygen atoms in total. The average Bonchev–Trinajstić information content (AvgIpc) is 3.34. The number of ether oxygens (including phenoxy) is 3. The first-order chi connectivity index (χ1) is 16.6. The summed E-state index contributed by atoms with van der Waals surface area (Å²) in [5, 5.41) is 4.65. The fourth-order valence-corrected chi connectivity index (χ4v) is 3.56. The Labute approximate surface area is 199 Å². The number of hydrogen-bond donors (Lipinski definition) is 0. The SMILES string of the molecule is COc1ccc(-c2cn(-c3ccccc3)nc2C(=O)N(C)CCOc2ccccc2)cc1OC. The minimum Gasteiger partial charge on any atom is -0.493 e. The molecule has 0 aliphatic rings. The minimum absolute atomic E-state index is 0.198. The van der Waals surface area contributed by atoms with E-state index in [1.165, 1.54) is 0 Å². The number of nitrogens with zero attached hydrogens (tertiary/aromatic N) is 3. The van der Waals surface area contributed by atoms with Crippen molar-refractivity contribution in [1.82, 2.24) is 14.7 Å². The molecular weight excluding hydrogens is 430 g/mol. The van der Waals surface area contributed by atoms with Gasteiger partial charge in [0.25, 0.3) is 5.91 Å². The van der Waals surface area contributed by atoms with Gasteiger partial charge in [-0.05, 0) is 42.0 Å². The van der Waals surface area contributed by atoms with Crippen LogP contribution in [0, 0.1) is 0 Å². The van der Waals surface area contributed by atoms with E-state index < -0.39 is 0 Å². The summed E-state index contributed by atoms with van der Waals surface area (Å²) in [5.74, 6) is 1.76. The van der Waals surface area contributed by atoms with Gasteiger partial charge in [0.1, 0.15) is 12.4 Å². The Kier molecular flexibility index (Phi) is 7.13. The molecule has 1 aromatic heterocycles. The Morgan fingerprint density at radius 2 is 1.59 bits per heavy atom. The largest absolute Gasteiger partial charge is 0.493 e. The lowest BCUT2D eigenvalue weighted by molar-refractivity contribution is 0.0768. The van der Waals surface area contributed by atoms with Gasteiger partial charge >= 0.3 is 0 Å². The molecule has 4 rings (SSSR count). The number of rotatable bonds is 9. The first-order valence-corrected chi connectivity index (χ1v) is 10.9. The molecule has 7 heteroatoms. The molecule has 0 atom stereocenters. The molecule has 0 radical (unpaired) electrons. The third-order valence-electron chi connectivity index (χ3n) is 5.42. The highest BCUT2D eigenvalue weighted by Crippen LogP contribution is 2.34. The Bertz CT molecular complexity index is 1240. The summed E-state index contributed by atoms with van der Waals surface area (Å²) in [6.45, 7) is 0.786. The van der Waals surface area contributed by atoms with Gasteiger partial charge in [0.2, 0.25) is 0 Å². The van der Waals surface area contributed by atoms with Gasteiger partial charge in [-0.1, -0.05) is 42.5 Å². The summed E-state index contributed by atoms with van der Waals surface area (Å²) in [5.41, 5.74) is 2.71. The normalized spacial score (nSPS) is 10.6. The van der Waals surface area contributed by atoms with Gasteiger partial charge in [0, 0.05) is 18.8 Å². The maximum atomic E-state index is 13.4. The zero-order valence-electron chi connectivity index (χ0n) is 19.5. The van der Waals surface area contributed by atoms with Gasteiger partial charge in [0.15, 0.2) is 17.2 Å². The molecule has 174 valence electrons. The summed E-state index contributed by atoms with van der Waals surface area (Å²) in [6, 6.07) is 24.8. The van der Waals surface area contributed by atoms with Crippen molar-refractivity contribution in [3.8, 4) is 34.1 Å². The van der Waals surface area contributed by atoms with Crippen LogP contribution in [0.4, 0.5) is 0 Å². The van der Waals surface area contributed by atoms with Crippen molar-refractivity contribution >= 4 is 5.91 Å². The predicted molar refractivity (Wildman–Crippen MR) is 131 cm³/mol. The second-order valence-corrected chi connectivity index (χ2v) is 7.63. The lowest BCUT2D eigenvalue weighted by atomic mass is 10.0. The smallest absolute Gasteiger partial charge is 0.274 e. The van der Waals surface area contributed by atoms with Crippen molar-refractivity contribution in [2.24, 2.45) is 0 Å². The van der Waals surface area contributed by atoms with Crippen molar-refractivity contribution in [3.63, 3.8) is 0 Å². The van der Waals surface area contributed by atoms with Crippen LogP contribution in [0.25, 0.3) is 16.8 Å². The fraction of sp³-hybridized carbons (Fsp3) is 0.185. The minimum atomic E-state index is -0.198. The molecule has 0 bridgehead atoms. The number of hydrogen-bond acceptors (Lipinski definition) is 5. The van der Waals surface area contributed by atoms with Crippen LogP contribution in [0.3, 0.4) is 0 Å². The number of para-hydroxylation sites is 2. The molecule has 0 unspecified atom stereocenters. The third kappa shape index (κ3) is 5.04. The van der Waals surface area contributed by atoms with Crippen LogP contribution in [0.15, 0.2) is 85.1 Å². The summed E-state index contributed by atoms with van der Waals surface area (Å²) in [7, 11) is 4.92. The van der Waals surface area contributed by atoms with E-state index in [0.29, 0.717) is 35.9 Å². The molecule has 0 N–H and O–H groups in total. The van der Waals surface area contributed by atoms with Crippen LogP contribution in [-0.4, -0.2) is 55.0 Å². The van der Waals surface area contributed by atoms with E-state index in [1.54, 1.807) is 30.8 Å². The van der Waals surface area contributed by atoms with Gasteiger partial charge in [-0.2, -0.15) is 5.10 Å². The van der Waals surface area contributed by atoms with E-state index in [0.717, 1.165) is 17.0 Å². The molecule has 0 spiro atoms. The van der Waals surface area contributed by atoms with Crippen LogP contribution in [0.1, 0.15) is 10.5 Å². The fourth-order valence-electron chi connectivity index (χ4n) is 3.56. The van der Waals surface area contributed by atoms with Gasteiger partial charge in [-0.3, -0.25) is 4.79 Å². The number of carbonyl (C=O) groups is 1. The summed E-state index contributed by atoms with van der Waals surface area (Å²) < 4.78 is 18.3. The zero-order chi connectivity index (χ0) is 23.9. The second kappa shape index (κ2) is 10.6. The molecule has 34 heavy (non-hydrogen) atoms. The van der Waals surface area contributed by atoms with Crippen LogP contribution in [0.5, 0.6) is 17.2 Å². The third-order valence-corrected chi connectivity index (χ3v) is 5.42. The van der Waals surface area contributed by atoms with E-state index in [-0.39, 0.29) is 5.91 Å². The number of likely N-dealkylation sites (N-methyl/N-ethyl adjacent to an activating group) is 1. The Morgan fingerprint density at radius 3 is 2.26 bits per heavy atom. The monoisotopic (exact) mass is 457 g/mol. The first kappa shape index (κ1) is 22.9. The highest BCUT2D eigenvalue weighted by molar-refractivity contribution is 5.99. The highest BCUT2D eigenvalue weighted by Gasteiger charge is 2.23. The average molecular weight is 458 g/mol. The lowest BCUT2D eigenvalue weighted by Crippen LogP contribution is -2.31. The maximum Gasteiger partial charge on any atom is 0.274 e. The molecule has 1 heterocycles. The number of carbonyl (C=O) groups excluding carboxylic acids is 1. The molecule has 4 aromatic rings. The lowest BCUT2D eigenvalue weighted by Gasteiger charge is -2.17. The molecule has 0 saturated heterocycles. The highest BCUT2D eigenvalue weighted by atomic mass is 16.5. The molecular formula is C27H27N3O4. The van der Waals surface area contributed by atoms with E-state index in [1.807, 2.05) is 85.1 Å². The van der Waals surface area contributed by atoms with E-state index in [9.17, 15) is 4.79 Å². The molecule has 0 aliphatic heterocycles. The molecule has 0 aliphatic carbocycles. The Hall–Kier alpha value is -4.26. The van der Waals surface area contributed by atoms with Crippen molar-refractivity contribution in [1.29, 1.82) is 0 Å². The van der Waals surface area contributed by atoms with Crippen molar-refractivity contribution in [2.45, 2.75) is 0 Å². The Balaban J connectivity index is 1.63. The van der Waals surface area contributed by atoms with Crippen LogP contribution < -0.4 is 14.2 Å². The summed E-state index contributed by atoms with van der Waals surface area (Å²) in [6.07, 6.45) is 1.86. The van der Waals surface area contributed by atoms with E-state index in [4.69, 9.17) is 14.2 Å². The quantitative estimate of drug-likeness (QED) is 0.364. The number of benzene rings is 3. The van der Waals surface area contributed by atoms with E-state index >= 15 is 0 Å². The van der Waals surface area contributed by atoms with Gasteiger partial charge in [-0.25, -0.2) is 4.68 Å². The van der Waals surface area contributed by atoms with Crippen LogP contribution in [-0.2, 0) is 0 Å². The maximum absolute atomic E-state index is 13.4. The second-order valence-electron chi connectivity index (χ2n) is 7.63. The summed E-state index contributed by atoms with van der Waals surface area (Å²) in [4.78, 5) is 15.1. The van der Waals surface area contributed by atoms with Gasteiger partial charge < -0.3 is 19.1 Å². The molecule has 1 amide bonds. The Morgan fingerprint density at radius 1 is 0.912 bits per heavy atom. The standard InChI is InChI=1S/C27H27N3O4/c1-29(16-17-34-22-12-8-5-9-13-22)27(31)26-23(19-30(28-26)21-10-6-4-7-11-21)20-14-15-24(32-2)25(18-20)33-3/h4-15,18-19H,16-17H2,1-3H3. The van der Waals surface area contributed by atoms with Crippen LogP contribution >= 0.6 is 0 Å². The summed E-state index contributed by atoms with van der Waals surface area (Å²) >= 11 is 0. The molecule has 0 fully saturated rings. The van der Waals surface area contributed by atoms with Crippen LogP contribution in [0.2, 0.25) is 0 Å². The van der Waals surface area contributed by atoms with E-state index in [2.05, 4.69) is 5.10 Å². The predicted octanol–water partition coefficient (Wildman–Crippen LogP) is 4.71. The molecule has 0 saturated carbocycles. The van der Waals surface area contributed by atoms with Crippen molar-refractivity contribution in [3.05, 3.63) is 90.8 Å². The van der Waals surface area contributed by atoms with Crippen molar-refractivity contribution < 1.29 is 19.0 Å². The van der Waals surface area contributed by atoms with Crippen molar-refractivity contribution in [2.75, 3.05) is 34.4 Å².